The lowest BCUT2D eigenvalue weighted by Crippen LogP contribution is -2.42. The molecule has 0 saturated carbocycles. The van der Waals surface area contributed by atoms with Crippen LogP contribution in [0.5, 0.6) is 0 Å². The predicted molar refractivity (Wildman–Crippen MR) is 137 cm³/mol. The second kappa shape index (κ2) is 12.1. The zero-order chi connectivity index (χ0) is 24.1. The Hall–Kier alpha value is -3.05. The molecule has 3 N–H and O–H groups in total. The Morgan fingerprint density at radius 1 is 1.14 bits per heavy atom. The summed E-state index contributed by atoms with van der Waals surface area (Å²) in [5.41, 5.74) is 1.71. The van der Waals surface area contributed by atoms with Crippen molar-refractivity contribution in [3.05, 3.63) is 74.8 Å². The number of likely N-dealkylation sites (N-methyl/N-ethyl adjacent to an activating group) is 1. The molecule has 1 atom stereocenters. The first-order valence-corrected chi connectivity index (χ1v) is 11.8. The van der Waals surface area contributed by atoms with E-state index in [4.69, 9.17) is 11.6 Å². The van der Waals surface area contributed by atoms with E-state index in [1.165, 1.54) is 23.6 Å². The number of carbonyl (C=O) groups is 3. The maximum absolute atomic E-state index is 12.8. The van der Waals surface area contributed by atoms with Crippen molar-refractivity contribution >= 4 is 58.9 Å². The quantitative estimate of drug-likeness (QED) is 0.418. The van der Waals surface area contributed by atoms with E-state index in [1.807, 2.05) is 37.4 Å². The number of pyridine rings is 1. The normalized spacial score (nSPS) is 13.7. The van der Waals surface area contributed by atoms with Crippen molar-refractivity contribution in [3.63, 3.8) is 0 Å². The maximum Gasteiger partial charge on any atom is 0.314 e. The Bertz CT molecular complexity index is 1190. The average Bonchev–Trinajstić information content (AvgIpc) is 3.26. The minimum atomic E-state index is -0.876. The van der Waals surface area contributed by atoms with Gasteiger partial charge in [0.05, 0.1) is 16.8 Å². The zero-order valence-electron chi connectivity index (χ0n) is 18.8. The molecule has 3 aromatic rings. The minimum absolute atomic E-state index is 0. The number of thiazole rings is 1. The zero-order valence-corrected chi connectivity index (χ0v) is 21.2. The number of anilines is 1. The van der Waals surface area contributed by atoms with Crippen molar-refractivity contribution in [2.75, 3.05) is 25.5 Å². The third kappa shape index (κ3) is 6.98. The third-order valence-corrected chi connectivity index (χ3v) is 6.57. The lowest BCUT2D eigenvalue weighted by molar-refractivity contribution is -0.136. The molecule has 0 bridgehead atoms. The molecule has 1 aliphatic rings. The highest BCUT2D eigenvalue weighted by Crippen LogP contribution is 2.24. The number of aromatic nitrogens is 2. The van der Waals surface area contributed by atoms with Crippen molar-refractivity contribution in [1.82, 2.24) is 25.5 Å². The molecule has 0 saturated heterocycles. The highest BCUT2D eigenvalue weighted by atomic mass is 35.5. The Morgan fingerprint density at radius 3 is 2.63 bits per heavy atom. The van der Waals surface area contributed by atoms with Crippen molar-refractivity contribution in [3.8, 4) is 0 Å². The number of nitrogens with one attached hydrogen (secondary N) is 3. The van der Waals surface area contributed by atoms with Crippen LogP contribution < -0.4 is 16.0 Å². The molecule has 1 aliphatic heterocycles. The summed E-state index contributed by atoms with van der Waals surface area (Å²) in [6.07, 6.45) is 2.18. The molecule has 0 fully saturated rings. The molecule has 35 heavy (non-hydrogen) atoms. The summed E-state index contributed by atoms with van der Waals surface area (Å²) in [6, 6.07) is 11.5. The van der Waals surface area contributed by atoms with E-state index in [9.17, 15) is 14.4 Å². The topological polar surface area (TPSA) is 116 Å². The van der Waals surface area contributed by atoms with Crippen molar-refractivity contribution in [2.24, 2.45) is 0 Å². The van der Waals surface area contributed by atoms with Gasteiger partial charge in [0.25, 0.3) is 5.91 Å². The summed E-state index contributed by atoms with van der Waals surface area (Å²) in [6.45, 7) is 1.78. The molecular formula is C23H24Cl2N6O3S. The molecule has 2 aromatic heterocycles. The number of fused-ring (bicyclic) bond motifs is 1. The highest BCUT2D eigenvalue weighted by Gasteiger charge is 2.24. The van der Waals surface area contributed by atoms with Crippen LogP contribution in [0.2, 0.25) is 5.02 Å². The SMILES string of the molecule is CN1CCc2nc(C(=O)NCC(NC(=O)C(=O)Nc3ccc(Cl)cn3)c3ccccc3)sc2C1.Cl. The van der Waals surface area contributed by atoms with Crippen LogP contribution in [0.4, 0.5) is 5.82 Å². The average molecular weight is 535 g/mol. The third-order valence-electron chi connectivity index (χ3n) is 5.27. The van der Waals surface area contributed by atoms with Gasteiger partial charge in [-0.05, 0) is 24.7 Å². The number of amides is 3. The summed E-state index contributed by atoms with van der Waals surface area (Å²) in [5.74, 6) is -1.84. The number of benzene rings is 1. The monoisotopic (exact) mass is 534 g/mol. The molecule has 3 heterocycles. The van der Waals surface area contributed by atoms with Crippen LogP contribution in [-0.4, -0.2) is 52.7 Å². The van der Waals surface area contributed by atoms with Gasteiger partial charge in [-0.25, -0.2) is 9.97 Å². The molecule has 12 heteroatoms. The summed E-state index contributed by atoms with van der Waals surface area (Å²) in [4.78, 5) is 49.4. The van der Waals surface area contributed by atoms with Crippen LogP contribution in [-0.2, 0) is 22.6 Å². The number of halogens is 2. The fourth-order valence-electron chi connectivity index (χ4n) is 3.47. The number of nitrogens with zero attached hydrogens (tertiary/aromatic N) is 3. The highest BCUT2D eigenvalue weighted by molar-refractivity contribution is 7.13. The van der Waals surface area contributed by atoms with Crippen LogP contribution in [0.1, 0.15) is 32.0 Å². The number of hydrogen-bond acceptors (Lipinski definition) is 7. The van der Waals surface area contributed by atoms with Gasteiger partial charge in [-0.2, -0.15) is 0 Å². The predicted octanol–water partition coefficient (Wildman–Crippen LogP) is 2.83. The van der Waals surface area contributed by atoms with E-state index < -0.39 is 17.9 Å². The second-order valence-corrected chi connectivity index (χ2v) is 9.36. The van der Waals surface area contributed by atoms with Gasteiger partial charge in [-0.1, -0.05) is 41.9 Å². The summed E-state index contributed by atoms with van der Waals surface area (Å²) in [5, 5.41) is 8.76. The number of rotatable bonds is 6. The van der Waals surface area contributed by atoms with E-state index in [2.05, 4.69) is 30.8 Å². The second-order valence-electron chi connectivity index (χ2n) is 7.84. The van der Waals surface area contributed by atoms with Gasteiger partial charge >= 0.3 is 11.8 Å². The van der Waals surface area contributed by atoms with Crippen molar-refractivity contribution in [2.45, 2.75) is 19.0 Å². The first kappa shape index (κ1) is 26.6. The van der Waals surface area contributed by atoms with Crippen molar-refractivity contribution in [1.29, 1.82) is 0 Å². The van der Waals surface area contributed by atoms with Gasteiger partial charge in [0.1, 0.15) is 5.82 Å². The Kier molecular flexibility index (Phi) is 9.16. The van der Waals surface area contributed by atoms with Gasteiger partial charge < -0.3 is 20.9 Å². The van der Waals surface area contributed by atoms with Crippen LogP contribution in [0.15, 0.2) is 48.7 Å². The van der Waals surface area contributed by atoms with Crippen LogP contribution in [0.25, 0.3) is 0 Å². The van der Waals surface area contributed by atoms with Crippen LogP contribution in [0, 0.1) is 0 Å². The number of hydrogen-bond donors (Lipinski definition) is 3. The molecule has 1 aromatic carbocycles. The molecule has 9 nitrogen and oxygen atoms in total. The molecule has 184 valence electrons. The molecule has 4 rings (SSSR count). The summed E-state index contributed by atoms with van der Waals surface area (Å²) in [7, 11) is 2.04. The first-order valence-electron chi connectivity index (χ1n) is 10.6. The van der Waals surface area contributed by atoms with Crippen LogP contribution in [0.3, 0.4) is 0 Å². The summed E-state index contributed by atoms with van der Waals surface area (Å²) < 4.78 is 0. The Morgan fingerprint density at radius 2 is 1.91 bits per heavy atom. The standard InChI is InChI=1S/C23H23ClN6O3S.ClH/c1-30-10-9-16-18(13-30)34-23(28-16)22(33)26-12-17(14-5-3-2-4-6-14)27-20(31)21(32)29-19-8-7-15(24)11-25-19;/h2-8,11,17H,9-10,12-13H2,1H3,(H,26,33)(H,27,31)(H,25,29,32);1H. The fourth-order valence-corrected chi connectivity index (χ4v) is 4.69. The molecule has 0 aliphatic carbocycles. The van der Waals surface area contributed by atoms with Gasteiger partial charge in [0.2, 0.25) is 0 Å². The van der Waals surface area contributed by atoms with Gasteiger partial charge in [-0.3, -0.25) is 14.4 Å². The summed E-state index contributed by atoms with van der Waals surface area (Å²) >= 11 is 7.18. The van der Waals surface area contributed by atoms with Crippen LogP contribution >= 0.6 is 35.3 Å². The number of carbonyl (C=O) groups excluding carboxylic acids is 3. The van der Waals surface area contributed by atoms with Gasteiger partial charge in [0.15, 0.2) is 5.01 Å². The van der Waals surface area contributed by atoms with Gasteiger partial charge in [0, 0.05) is 37.1 Å². The largest absolute Gasteiger partial charge is 0.348 e. The minimum Gasteiger partial charge on any atom is -0.348 e. The van der Waals surface area contributed by atoms with E-state index in [1.54, 1.807) is 6.07 Å². The molecule has 0 spiro atoms. The molecule has 1 unspecified atom stereocenters. The van der Waals surface area contributed by atoms with Gasteiger partial charge in [-0.15, -0.1) is 23.7 Å². The van der Waals surface area contributed by atoms with E-state index in [-0.39, 0.29) is 30.7 Å². The Labute approximate surface area is 217 Å². The lowest BCUT2D eigenvalue weighted by atomic mass is 10.1. The molecule has 0 radical (unpaired) electrons. The van der Waals surface area contributed by atoms with Crippen molar-refractivity contribution < 1.29 is 14.4 Å². The fraction of sp³-hybridized carbons (Fsp3) is 0.261. The van der Waals surface area contributed by atoms with E-state index in [0.29, 0.717) is 10.0 Å². The lowest BCUT2D eigenvalue weighted by Gasteiger charge is -2.20. The smallest absolute Gasteiger partial charge is 0.314 e. The van der Waals surface area contributed by atoms with E-state index >= 15 is 0 Å². The Balaban J connectivity index is 0.00000342. The maximum atomic E-state index is 12.8. The van der Waals surface area contributed by atoms with E-state index in [0.717, 1.165) is 35.6 Å². The molecule has 3 amide bonds. The first-order chi connectivity index (χ1) is 16.4. The molecular weight excluding hydrogens is 511 g/mol.